The van der Waals surface area contributed by atoms with E-state index in [4.69, 9.17) is 0 Å². The molecule has 10 heavy (non-hydrogen) atoms. The van der Waals surface area contributed by atoms with Gasteiger partial charge in [0.2, 0.25) is 0 Å². The van der Waals surface area contributed by atoms with E-state index in [1.807, 2.05) is 6.92 Å². The fourth-order valence-electron chi connectivity index (χ4n) is 1.30. The molecule has 0 amide bonds. The predicted molar refractivity (Wildman–Crippen MR) is 44.9 cm³/mol. The Hall–Kier alpha value is -0.0400. The van der Waals surface area contributed by atoms with Crippen LogP contribution in [0.25, 0.3) is 0 Å². The molecule has 0 bridgehead atoms. The Labute approximate surface area is 64.5 Å². The monoisotopic (exact) mass is 144 g/mol. The first-order valence-electron chi connectivity index (χ1n) is 4.26. The first-order chi connectivity index (χ1) is 4.57. The zero-order valence-corrected chi connectivity index (χ0v) is 7.59. The van der Waals surface area contributed by atoms with Crippen LogP contribution in [0.4, 0.5) is 0 Å². The third kappa shape index (κ3) is 3.89. The van der Waals surface area contributed by atoms with Crippen molar-refractivity contribution in [2.24, 2.45) is 11.8 Å². The average molecular weight is 144 g/mol. The summed E-state index contributed by atoms with van der Waals surface area (Å²) in [6.07, 6.45) is 1.92. The van der Waals surface area contributed by atoms with E-state index in [0.29, 0.717) is 11.8 Å². The van der Waals surface area contributed by atoms with Gasteiger partial charge < -0.3 is 5.11 Å². The van der Waals surface area contributed by atoms with Crippen molar-refractivity contribution in [2.45, 2.75) is 46.6 Å². The van der Waals surface area contributed by atoms with E-state index in [-0.39, 0.29) is 6.10 Å². The van der Waals surface area contributed by atoms with Gasteiger partial charge in [0, 0.05) is 0 Å². The van der Waals surface area contributed by atoms with E-state index in [1.165, 1.54) is 0 Å². The molecule has 62 valence electrons. The maximum Gasteiger partial charge on any atom is 0.0563 e. The highest BCUT2D eigenvalue weighted by atomic mass is 16.3. The summed E-state index contributed by atoms with van der Waals surface area (Å²) >= 11 is 0. The second-order valence-corrected chi connectivity index (χ2v) is 3.58. The van der Waals surface area contributed by atoms with E-state index in [9.17, 15) is 5.11 Å². The fraction of sp³-hybridized carbons (Fsp3) is 1.00. The first kappa shape index (κ1) is 9.96. The number of aliphatic hydroxyl groups excluding tert-OH is 1. The molecule has 1 nitrogen and oxygen atoms in total. The van der Waals surface area contributed by atoms with Gasteiger partial charge >= 0.3 is 0 Å². The second-order valence-electron chi connectivity index (χ2n) is 3.58. The smallest absolute Gasteiger partial charge is 0.0563 e. The normalized spacial score (nSPS) is 17.4. The quantitative estimate of drug-likeness (QED) is 0.642. The molecule has 0 aromatic rings. The molecule has 0 spiro atoms. The van der Waals surface area contributed by atoms with Gasteiger partial charge in [-0.1, -0.05) is 27.7 Å². The molecule has 0 rings (SSSR count). The van der Waals surface area contributed by atoms with Crippen LogP contribution in [-0.2, 0) is 0 Å². The third-order valence-corrected chi connectivity index (χ3v) is 1.92. The van der Waals surface area contributed by atoms with Crippen molar-refractivity contribution < 1.29 is 5.11 Å². The van der Waals surface area contributed by atoms with Gasteiger partial charge in [0.25, 0.3) is 0 Å². The Balaban J connectivity index is 3.50. The van der Waals surface area contributed by atoms with Crippen LogP contribution in [0.2, 0.25) is 0 Å². The van der Waals surface area contributed by atoms with Gasteiger partial charge in [0.1, 0.15) is 0 Å². The molecule has 2 unspecified atom stereocenters. The summed E-state index contributed by atoms with van der Waals surface area (Å²) in [5.41, 5.74) is 0. The molecule has 2 atom stereocenters. The summed E-state index contributed by atoms with van der Waals surface area (Å²) in [6.45, 7) is 8.54. The Kier molecular flexibility index (Phi) is 4.71. The molecule has 0 aliphatic rings. The molecule has 0 radical (unpaired) electrons. The molecular weight excluding hydrogens is 124 g/mol. The van der Waals surface area contributed by atoms with E-state index in [2.05, 4.69) is 20.8 Å². The topological polar surface area (TPSA) is 20.2 Å². The molecule has 0 aromatic heterocycles. The molecule has 0 heterocycles. The summed E-state index contributed by atoms with van der Waals surface area (Å²) in [6, 6.07) is 0. The third-order valence-electron chi connectivity index (χ3n) is 1.92. The summed E-state index contributed by atoms with van der Waals surface area (Å²) in [7, 11) is 0. The van der Waals surface area contributed by atoms with Gasteiger partial charge in [0.15, 0.2) is 0 Å². The number of hydrogen-bond donors (Lipinski definition) is 1. The fourth-order valence-corrected chi connectivity index (χ4v) is 1.30. The second kappa shape index (κ2) is 4.73. The van der Waals surface area contributed by atoms with Crippen molar-refractivity contribution in [1.82, 2.24) is 0 Å². The lowest BCUT2D eigenvalue weighted by Crippen LogP contribution is -2.17. The minimum atomic E-state index is -0.0950. The van der Waals surface area contributed by atoms with Gasteiger partial charge in [0.05, 0.1) is 6.10 Å². The molecular formula is C9H20O. The lowest BCUT2D eigenvalue weighted by atomic mass is 9.93. The van der Waals surface area contributed by atoms with Gasteiger partial charge in [-0.25, -0.2) is 0 Å². The van der Waals surface area contributed by atoms with Crippen LogP contribution in [0, 0.1) is 11.8 Å². The standard InChI is InChI=1S/C9H20O/c1-5-9(10)8(4)6-7(2)3/h7-10H,5-6H2,1-4H3. The maximum absolute atomic E-state index is 9.38. The number of aliphatic hydroxyl groups is 1. The molecule has 0 saturated heterocycles. The minimum Gasteiger partial charge on any atom is -0.393 e. The summed E-state index contributed by atoms with van der Waals surface area (Å²) in [5.74, 6) is 1.17. The Bertz CT molecular complexity index is 78.8. The van der Waals surface area contributed by atoms with Crippen LogP contribution < -0.4 is 0 Å². The van der Waals surface area contributed by atoms with Crippen molar-refractivity contribution >= 4 is 0 Å². The number of hydrogen-bond acceptors (Lipinski definition) is 1. The summed E-state index contributed by atoms with van der Waals surface area (Å²) in [5, 5.41) is 9.38. The van der Waals surface area contributed by atoms with E-state index < -0.39 is 0 Å². The predicted octanol–water partition coefficient (Wildman–Crippen LogP) is 2.44. The largest absolute Gasteiger partial charge is 0.393 e. The molecule has 0 aromatic carbocycles. The summed E-state index contributed by atoms with van der Waals surface area (Å²) in [4.78, 5) is 0. The Morgan fingerprint density at radius 2 is 1.70 bits per heavy atom. The number of rotatable bonds is 4. The van der Waals surface area contributed by atoms with Crippen LogP contribution in [0.1, 0.15) is 40.5 Å². The van der Waals surface area contributed by atoms with Crippen molar-refractivity contribution in [3.63, 3.8) is 0 Å². The van der Waals surface area contributed by atoms with Crippen molar-refractivity contribution in [3.05, 3.63) is 0 Å². The van der Waals surface area contributed by atoms with Crippen LogP contribution in [0.3, 0.4) is 0 Å². The highest BCUT2D eigenvalue weighted by Crippen LogP contribution is 2.16. The van der Waals surface area contributed by atoms with E-state index in [1.54, 1.807) is 0 Å². The summed E-state index contributed by atoms with van der Waals surface area (Å²) < 4.78 is 0. The first-order valence-corrected chi connectivity index (χ1v) is 4.26. The van der Waals surface area contributed by atoms with Crippen LogP contribution in [0.15, 0.2) is 0 Å². The highest BCUT2D eigenvalue weighted by Gasteiger charge is 2.12. The van der Waals surface area contributed by atoms with Gasteiger partial charge in [-0.05, 0) is 24.7 Å². The van der Waals surface area contributed by atoms with Gasteiger partial charge in [-0.3, -0.25) is 0 Å². The van der Waals surface area contributed by atoms with Crippen molar-refractivity contribution in [1.29, 1.82) is 0 Å². The molecule has 0 fully saturated rings. The Morgan fingerprint density at radius 3 is 2.00 bits per heavy atom. The van der Waals surface area contributed by atoms with Crippen LogP contribution in [0.5, 0.6) is 0 Å². The van der Waals surface area contributed by atoms with Gasteiger partial charge in [-0.15, -0.1) is 0 Å². The highest BCUT2D eigenvalue weighted by molar-refractivity contribution is 4.63. The maximum atomic E-state index is 9.38. The SMILES string of the molecule is CCC(O)C(C)CC(C)C. The van der Waals surface area contributed by atoms with Crippen molar-refractivity contribution in [3.8, 4) is 0 Å². The van der Waals surface area contributed by atoms with E-state index >= 15 is 0 Å². The molecule has 1 N–H and O–H groups in total. The van der Waals surface area contributed by atoms with E-state index in [0.717, 1.165) is 12.8 Å². The molecule has 0 aliphatic carbocycles. The minimum absolute atomic E-state index is 0.0950. The van der Waals surface area contributed by atoms with Crippen LogP contribution in [-0.4, -0.2) is 11.2 Å². The molecule has 0 saturated carbocycles. The lowest BCUT2D eigenvalue weighted by molar-refractivity contribution is 0.101. The van der Waals surface area contributed by atoms with Gasteiger partial charge in [-0.2, -0.15) is 0 Å². The van der Waals surface area contributed by atoms with Crippen LogP contribution >= 0.6 is 0 Å². The average Bonchev–Trinajstić information content (AvgIpc) is 1.85. The van der Waals surface area contributed by atoms with Crippen molar-refractivity contribution in [2.75, 3.05) is 0 Å². The lowest BCUT2D eigenvalue weighted by Gasteiger charge is -2.18. The zero-order valence-electron chi connectivity index (χ0n) is 7.59. The Morgan fingerprint density at radius 1 is 1.20 bits per heavy atom. The molecule has 1 heteroatoms. The zero-order chi connectivity index (χ0) is 8.15. The molecule has 0 aliphatic heterocycles.